The number of carbonyl (C=O) groups excluding carboxylic acids is 4. The number of imide groups is 1. The van der Waals surface area contributed by atoms with E-state index in [9.17, 15) is 19.2 Å². The number of hydrogen-bond donors (Lipinski definition) is 0. The predicted octanol–water partition coefficient (Wildman–Crippen LogP) is 5.31. The summed E-state index contributed by atoms with van der Waals surface area (Å²) in [4.78, 5) is 51.8. The zero-order chi connectivity index (χ0) is 27.0. The van der Waals surface area contributed by atoms with Gasteiger partial charge >= 0.3 is 18.2 Å². The van der Waals surface area contributed by atoms with Crippen molar-refractivity contribution in [2.24, 2.45) is 5.92 Å². The summed E-state index contributed by atoms with van der Waals surface area (Å²) in [6, 6.07) is 0. The van der Waals surface area contributed by atoms with Crippen LogP contribution in [0.1, 0.15) is 68.7 Å². The van der Waals surface area contributed by atoms with Gasteiger partial charge < -0.3 is 18.9 Å². The second-order valence-electron chi connectivity index (χ2n) is 9.65. The van der Waals surface area contributed by atoms with Crippen molar-refractivity contribution in [2.45, 2.75) is 79.9 Å². The highest BCUT2D eigenvalue weighted by atomic mass is 16.6. The van der Waals surface area contributed by atoms with Crippen molar-refractivity contribution < 1.29 is 38.1 Å². The van der Waals surface area contributed by atoms with Gasteiger partial charge in [-0.05, 0) is 72.5 Å². The van der Waals surface area contributed by atoms with E-state index in [1.165, 1.54) is 20.1 Å². The largest absolute Gasteiger partial charge is 0.494 e. The van der Waals surface area contributed by atoms with Crippen molar-refractivity contribution in [3.05, 3.63) is 35.3 Å². The highest BCUT2D eigenvalue weighted by Gasteiger charge is 2.37. The lowest BCUT2D eigenvalue weighted by molar-refractivity contribution is -0.136. The van der Waals surface area contributed by atoms with Gasteiger partial charge in [-0.3, -0.25) is 4.79 Å². The van der Waals surface area contributed by atoms with E-state index in [0.717, 1.165) is 7.11 Å². The Kier molecular flexibility index (Phi) is 11.3. The first-order valence-electron chi connectivity index (χ1n) is 10.9. The Morgan fingerprint density at radius 1 is 0.912 bits per heavy atom. The molecule has 192 valence electrons. The van der Waals surface area contributed by atoms with Gasteiger partial charge in [-0.1, -0.05) is 20.4 Å². The summed E-state index contributed by atoms with van der Waals surface area (Å²) in [5.74, 6) is -1.65. The molecule has 9 nitrogen and oxygen atoms in total. The van der Waals surface area contributed by atoms with Crippen molar-refractivity contribution >= 4 is 23.9 Å². The summed E-state index contributed by atoms with van der Waals surface area (Å²) in [5.41, 5.74) is -2.17. The summed E-state index contributed by atoms with van der Waals surface area (Å²) in [6.07, 6.45) is -0.269. The van der Waals surface area contributed by atoms with Gasteiger partial charge in [-0.2, -0.15) is 4.90 Å². The van der Waals surface area contributed by atoms with Crippen molar-refractivity contribution in [1.29, 1.82) is 0 Å². The van der Waals surface area contributed by atoms with Gasteiger partial charge in [-0.15, -0.1) is 0 Å². The molecule has 0 aromatic heterocycles. The number of methoxy groups -OCH3 is 2. The van der Waals surface area contributed by atoms with Crippen LogP contribution in [0.25, 0.3) is 0 Å². The summed E-state index contributed by atoms with van der Waals surface area (Å²) in [7, 11) is 2.38. The van der Waals surface area contributed by atoms with Crippen LogP contribution < -0.4 is 0 Å². The molecule has 1 unspecified atom stereocenters. The molecule has 34 heavy (non-hydrogen) atoms. The van der Waals surface area contributed by atoms with E-state index in [1.54, 1.807) is 41.5 Å². The normalized spacial score (nSPS) is 13.8. The van der Waals surface area contributed by atoms with E-state index >= 15 is 0 Å². The molecule has 0 fully saturated rings. The summed E-state index contributed by atoms with van der Waals surface area (Å²) < 4.78 is 21.0. The van der Waals surface area contributed by atoms with E-state index in [1.807, 2.05) is 13.8 Å². The average molecular weight is 482 g/mol. The Balaban J connectivity index is 7.44. The Morgan fingerprint density at radius 3 is 1.65 bits per heavy atom. The van der Waals surface area contributed by atoms with Crippen LogP contribution in [0, 0.1) is 5.92 Å². The van der Waals surface area contributed by atoms with Crippen molar-refractivity contribution in [3.63, 3.8) is 0 Å². The number of amides is 2. The van der Waals surface area contributed by atoms with Crippen molar-refractivity contribution in [3.8, 4) is 0 Å². The predicted molar refractivity (Wildman–Crippen MR) is 128 cm³/mol. The van der Waals surface area contributed by atoms with Crippen molar-refractivity contribution in [1.82, 2.24) is 4.90 Å². The first kappa shape index (κ1) is 30.9. The number of carbonyl (C=O) groups is 4. The maximum atomic E-state index is 13.3. The monoisotopic (exact) mass is 481 g/mol. The minimum Gasteiger partial charge on any atom is -0.494 e. The maximum Gasteiger partial charge on any atom is 0.424 e. The second kappa shape index (κ2) is 12.4. The number of esters is 1. The van der Waals surface area contributed by atoms with Crippen LogP contribution in [0.3, 0.4) is 0 Å². The van der Waals surface area contributed by atoms with Crippen LogP contribution in [0.4, 0.5) is 9.59 Å². The van der Waals surface area contributed by atoms with E-state index in [-0.39, 0.29) is 28.7 Å². The molecule has 0 N–H and O–H groups in total. The number of hydrogen-bond acceptors (Lipinski definition) is 8. The fraction of sp³-hybridized carbons (Fsp3) is 0.600. The summed E-state index contributed by atoms with van der Waals surface area (Å²) in [6.45, 7) is 18.5. The molecule has 0 saturated heterocycles. The molecule has 0 aliphatic heterocycles. The van der Waals surface area contributed by atoms with E-state index in [4.69, 9.17) is 18.9 Å². The minimum absolute atomic E-state index is 0.240. The molecule has 0 heterocycles. The Labute approximate surface area is 202 Å². The Bertz CT molecular complexity index is 840. The molecule has 0 aromatic rings. The fourth-order valence-electron chi connectivity index (χ4n) is 2.67. The van der Waals surface area contributed by atoms with Gasteiger partial charge in [0.2, 0.25) is 0 Å². The molecule has 1 atom stereocenters. The first-order chi connectivity index (χ1) is 15.4. The lowest BCUT2D eigenvalue weighted by Crippen LogP contribution is -2.43. The van der Waals surface area contributed by atoms with Gasteiger partial charge in [-0.25, -0.2) is 14.4 Å². The number of ketones is 1. The van der Waals surface area contributed by atoms with E-state index in [2.05, 4.69) is 6.58 Å². The highest BCUT2D eigenvalue weighted by Crippen LogP contribution is 2.28. The van der Waals surface area contributed by atoms with Crippen molar-refractivity contribution in [2.75, 3.05) is 14.2 Å². The van der Waals surface area contributed by atoms with Gasteiger partial charge in [0.25, 0.3) is 0 Å². The van der Waals surface area contributed by atoms with Gasteiger partial charge in [0, 0.05) is 0 Å². The number of ether oxygens (including phenoxy) is 4. The van der Waals surface area contributed by atoms with Gasteiger partial charge in [0.1, 0.15) is 16.9 Å². The standard InChI is InChI=1S/C25H39NO8/c1-13-15(2)18(17(4)27)14-19(20(31-11)16(3)21(28)32-12)26(22(29)33-24(5,6)7)23(30)34-25(8,9)10/h14-15H,3,13H2,1-2,4-12H3. The number of allylic oxidation sites excluding steroid dienone is 2. The molecule has 0 bridgehead atoms. The lowest BCUT2D eigenvalue weighted by atomic mass is 9.94. The van der Waals surface area contributed by atoms with Crippen LogP contribution in [-0.4, -0.2) is 54.3 Å². The zero-order valence-corrected chi connectivity index (χ0v) is 22.3. The Morgan fingerprint density at radius 2 is 1.35 bits per heavy atom. The third-order valence-corrected chi connectivity index (χ3v) is 4.38. The number of nitrogens with zero attached hydrogens (tertiary/aromatic N) is 1. The van der Waals surface area contributed by atoms with Crippen LogP contribution in [-0.2, 0) is 28.5 Å². The van der Waals surface area contributed by atoms with E-state index in [0.29, 0.717) is 16.9 Å². The molecule has 0 aromatic carbocycles. The zero-order valence-electron chi connectivity index (χ0n) is 22.3. The van der Waals surface area contributed by atoms with Crippen LogP contribution in [0.15, 0.2) is 35.3 Å². The molecular weight excluding hydrogens is 442 g/mol. The highest BCUT2D eigenvalue weighted by molar-refractivity contribution is 5.97. The van der Waals surface area contributed by atoms with E-state index < -0.39 is 29.4 Å². The second-order valence-corrected chi connectivity index (χ2v) is 9.65. The van der Waals surface area contributed by atoms with Gasteiger partial charge in [0.15, 0.2) is 11.5 Å². The van der Waals surface area contributed by atoms with Crippen LogP contribution in [0.2, 0.25) is 0 Å². The quantitative estimate of drug-likeness (QED) is 0.151. The van der Waals surface area contributed by atoms with Gasteiger partial charge in [0.05, 0.1) is 19.8 Å². The molecule has 0 radical (unpaired) electrons. The average Bonchev–Trinajstić information content (AvgIpc) is 2.67. The first-order valence-corrected chi connectivity index (χ1v) is 10.9. The molecule has 9 heteroatoms. The van der Waals surface area contributed by atoms with Crippen LogP contribution >= 0.6 is 0 Å². The third kappa shape index (κ3) is 9.41. The summed E-state index contributed by atoms with van der Waals surface area (Å²) >= 11 is 0. The molecule has 0 rings (SSSR count). The third-order valence-electron chi connectivity index (χ3n) is 4.38. The number of rotatable bonds is 8. The molecule has 0 aliphatic rings. The SMILES string of the molecule is C=C(C(=O)OC)C(OC)=C(C=C(C(C)=O)C(C)CC)N(C(=O)OC(C)(C)C)C(=O)OC(C)(C)C. The Hall–Kier alpha value is -3.10. The molecule has 0 spiro atoms. The summed E-state index contributed by atoms with van der Waals surface area (Å²) in [5, 5.41) is 0. The lowest BCUT2D eigenvalue weighted by Gasteiger charge is -2.30. The molecular formula is C25H39NO8. The maximum absolute atomic E-state index is 13.3. The smallest absolute Gasteiger partial charge is 0.424 e. The molecule has 2 amide bonds. The minimum atomic E-state index is -1.09. The molecule has 0 aliphatic carbocycles. The number of Topliss-reactive ketones (excluding diaryl/α,β-unsaturated/α-hetero) is 1. The topological polar surface area (TPSA) is 108 Å². The van der Waals surface area contributed by atoms with Crippen LogP contribution in [0.5, 0.6) is 0 Å². The fourth-order valence-corrected chi connectivity index (χ4v) is 2.67. The molecule has 0 saturated carbocycles.